The highest BCUT2D eigenvalue weighted by Gasteiger charge is 2.21. The van der Waals surface area contributed by atoms with E-state index in [4.69, 9.17) is 10.6 Å². The third-order valence-corrected chi connectivity index (χ3v) is 2.64. The summed E-state index contributed by atoms with van der Waals surface area (Å²) in [5.74, 6) is -0.197. The normalized spacial score (nSPS) is 17.0. The minimum atomic E-state index is -0.197. The van der Waals surface area contributed by atoms with E-state index in [0.29, 0.717) is 24.0 Å². The molecule has 1 aromatic heterocycles. The molecule has 0 aliphatic carbocycles. The van der Waals surface area contributed by atoms with Gasteiger partial charge in [0.2, 0.25) is 0 Å². The number of thiazole rings is 1. The van der Waals surface area contributed by atoms with Gasteiger partial charge in [0.1, 0.15) is 5.69 Å². The van der Waals surface area contributed by atoms with Crippen molar-refractivity contribution in [2.24, 2.45) is 0 Å². The molecule has 1 fully saturated rings. The number of amides is 1. The SMILES string of the molecule is Nc1nc(C(=O)N2CCCCO2)cs1. The second-order valence-corrected chi connectivity index (χ2v) is 3.91. The van der Waals surface area contributed by atoms with Gasteiger partial charge in [0.15, 0.2) is 5.13 Å². The van der Waals surface area contributed by atoms with Crippen molar-refractivity contribution in [3.63, 3.8) is 0 Å². The van der Waals surface area contributed by atoms with Gasteiger partial charge in [0, 0.05) is 11.9 Å². The summed E-state index contributed by atoms with van der Waals surface area (Å²) in [6, 6.07) is 0. The first kappa shape index (κ1) is 9.42. The van der Waals surface area contributed by atoms with Crippen LogP contribution >= 0.6 is 11.3 Å². The first-order valence-corrected chi connectivity index (χ1v) is 5.31. The van der Waals surface area contributed by atoms with E-state index in [1.54, 1.807) is 5.38 Å². The number of hydrogen-bond donors (Lipinski definition) is 1. The van der Waals surface area contributed by atoms with Gasteiger partial charge in [-0.2, -0.15) is 0 Å². The zero-order chi connectivity index (χ0) is 9.97. The minimum Gasteiger partial charge on any atom is -0.375 e. The zero-order valence-electron chi connectivity index (χ0n) is 7.60. The number of carbonyl (C=O) groups excluding carboxylic acids is 1. The van der Waals surface area contributed by atoms with Gasteiger partial charge in [0.05, 0.1) is 6.61 Å². The fourth-order valence-corrected chi connectivity index (χ4v) is 1.81. The molecule has 0 radical (unpaired) electrons. The number of aromatic nitrogens is 1. The summed E-state index contributed by atoms with van der Waals surface area (Å²) in [6.45, 7) is 1.24. The van der Waals surface area contributed by atoms with Crippen molar-refractivity contribution in [1.29, 1.82) is 0 Å². The van der Waals surface area contributed by atoms with Crippen molar-refractivity contribution in [2.45, 2.75) is 12.8 Å². The highest BCUT2D eigenvalue weighted by atomic mass is 32.1. The van der Waals surface area contributed by atoms with Crippen LogP contribution in [0.5, 0.6) is 0 Å². The van der Waals surface area contributed by atoms with E-state index in [2.05, 4.69) is 4.98 Å². The predicted molar refractivity (Wildman–Crippen MR) is 52.7 cm³/mol. The van der Waals surface area contributed by atoms with Crippen LogP contribution in [0, 0.1) is 0 Å². The second-order valence-electron chi connectivity index (χ2n) is 3.02. The average Bonchev–Trinajstić information content (AvgIpc) is 2.65. The van der Waals surface area contributed by atoms with Crippen LogP contribution in [-0.2, 0) is 4.84 Å². The Balaban J connectivity index is 2.07. The number of nitrogens with two attached hydrogens (primary N) is 1. The van der Waals surface area contributed by atoms with E-state index in [0.717, 1.165) is 12.8 Å². The molecule has 0 atom stereocenters. The summed E-state index contributed by atoms with van der Waals surface area (Å²) in [5, 5.41) is 3.42. The molecule has 0 aromatic carbocycles. The second kappa shape index (κ2) is 3.93. The summed E-state index contributed by atoms with van der Waals surface area (Å²) >= 11 is 1.26. The lowest BCUT2D eigenvalue weighted by Crippen LogP contribution is -2.35. The summed E-state index contributed by atoms with van der Waals surface area (Å²) in [6.07, 6.45) is 1.98. The van der Waals surface area contributed by atoms with Crippen molar-refractivity contribution in [3.05, 3.63) is 11.1 Å². The van der Waals surface area contributed by atoms with Crippen LogP contribution in [0.25, 0.3) is 0 Å². The molecule has 0 saturated carbocycles. The van der Waals surface area contributed by atoms with Crippen LogP contribution in [0.1, 0.15) is 23.3 Å². The van der Waals surface area contributed by atoms with Gasteiger partial charge in [-0.25, -0.2) is 10.0 Å². The van der Waals surface area contributed by atoms with Crippen molar-refractivity contribution in [1.82, 2.24) is 10.0 Å². The van der Waals surface area contributed by atoms with E-state index in [9.17, 15) is 4.79 Å². The molecule has 2 heterocycles. The largest absolute Gasteiger partial charge is 0.375 e. The van der Waals surface area contributed by atoms with Gasteiger partial charge in [0.25, 0.3) is 5.91 Å². The molecule has 0 spiro atoms. The van der Waals surface area contributed by atoms with Crippen LogP contribution in [0.2, 0.25) is 0 Å². The molecular weight excluding hydrogens is 202 g/mol. The van der Waals surface area contributed by atoms with Crippen molar-refractivity contribution >= 4 is 22.4 Å². The van der Waals surface area contributed by atoms with Crippen LogP contribution < -0.4 is 5.73 Å². The molecule has 1 aromatic rings. The van der Waals surface area contributed by atoms with Gasteiger partial charge >= 0.3 is 0 Å². The van der Waals surface area contributed by atoms with Gasteiger partial charge in [-0.3, -0.25) is 9.63 Å². The summed E-state index contributed by atoms with van der Waals surface area (Å²) in [7, 11) is 0. The van der Waals surface area contributed by atoms with E-state index in [1.807, 2.05) is 0 Å². The third-order valence-electron chi connectivity index (χ3n) is 1.97. The summed E-state index contributed by atoms with van der Waals surface area (Å²) in [4.78, 5) is 20.8. The average molecular weight is 213 g/mol. The number of anilines is 1. The van der Waals surface area contributed by atoms with Gasteiger partial charge in [-0.1, -0.05) is 0 Å². The van der Waals surface area contributed by atoms with Crippen molar-refractivity contribution < 1.29 is 9.63 Å². The highest BCUT2D eigenvalue weighted by molar-refractivity contribution is 7.13. The number of hydroxylamine groups is 2. The molecular formula is C8H11N3O2S. The molecule has 2 N–H and O–H groups in total. The highest BCUT2D eigenvalue weighted by Crippen LogP contribution is 2.15. The number of carbonyl (C=O) groups is 1. The van der Waals surface area contributed by atoms with E-state index in [-0.39, 0.29) is 5.91 Å². The Morgan fingerprint density at radius 2 is 2.50 bits per heavy atom. The standard InChI is InChI=1S/C8H11N3O2S/c9-8-10-6(5-14-8)7(12)11-3-1-2-4-13-11/h5H,1-4H2,(H2,9,10). The molecule has 6 heteroatoms. The maximum Gasteiger partial charge on any atom is 0.296 e. The van der Waals surface area contributed by atoms with Crippen LogP contribution in [0.4, 0.5) is 5.13 Å². The Kier molecular flexibility index (Phi) is 2.64. The van der Waals surface area contributed by atoms with Gasteiger partial charge in [-0.15, -0.1) is 11.3 Å². The predicted octanol–water partition coefficient (Wildman–Crippen LogP) is 0.893. The Morgan fingerprint density at radius 3 is 3.07 bits per heavy atom. The van der Waals surface area contributed by atoms with Crippen molar-refractivity contribution in [3.8, 4) is 0 Å². The number of nitrogens with zero attached hydrogens (tertiary/aromatic N) is 2. The third kappa shape index (κ3) is 1.85. The monoisotopic (exact) mass is 213 g/mol. The lowest BCUT2D eigenvalue weighted by atomic mass is 10.3. The Morgan fingerprint density at radius 1 is 1.64 bits per heavy atom. The molecule has 1 aliphatic heterocycles. The van der Waals surface area contributed by atoms with Crippen LogP contribution in [0.3, 0.4) is 0 Å². The maximum absolute atomic E-state index is 11.7. The minimum absolute atomic E-state index is 0.197. The van der Waals surface area contributed by atoms with Crippen LogP contribution in [-0.4, -0.2) is 29.1 Å². The summed E-state index contributed by atoms with van der Waals surface area (Å²) in [5.41, 5.74) is 5.81. The Bertz CT molecular complexity index is 333. The van der Waals surface area contributed by atoms with E-state index >= 15 is 0 Å². The Labute approximate surface area is 85.4 Å². The van der Waals surface area contributed by atoms with E-state index in [1.165, 1.54) is 16.4 Å². The molecule has 0 bridgehead atoms. The number of rotatable bonds is 1. The van der Waals surface area contributed by atoms with Crippen molar-refractivity contribution in [2.75, 3.05) is 18.9 Å². The van der Waals surface area contributed by atoms with Gasteiger partial charge < -0.3 is 5.73 Å². The molecule has 1 aliphatic rings. The maximum atomic E-state index is 11.7. The zero-order valence-corrected chi connectivity index (χ0v) is 8.42. The topological polar surface area (TPSA) is 68.5 Å². The first-order chi connectivity index (χ1) is 6.77. The molecule has 14 heavy (non-hydrogen) atoms. The van der Waals surface area contributed by atoms with Gasteiger partial charge in [-0.05, 0) is 12.8 Å². The fraction of sp³-hybridized carbons (Fsp3) is 0.500. The lowest BCUT2D eigenvalue weighted by molar-refractivity contribution is -0.144. The summed E-state index contributed by atoms with van der Waals surface area (Å²) < 4.78 is 0. The molecule has 76 valence electrons. The first-order valence-electron chi connectivity index (χ1n) is 4.43. The number of nitrogen functional groups attached to an aromatic ring is 1. The number of hydrogen-bond acceptors (Lipinski definition) is 5. The Hall–Kier alpha value is -1.14. The quantitative estimate of drug-likeness (QED) is 0.752. The van der Waals surface area contributed by atoms with Crippen LogP contribution in [0.15, 0.2) is 5.38 Å². The van der Waals surface area contributed by atoms with E-state index < -0.39 is 0 Å². The molecule has 0 unspecified atom stereocenters. The fourth-order valence-electron chi connectivity index (χ4n) is 1.27. The smallest absolute Gasteiger partial charge is 0.296 e. The molecule has 5 nitrogen and oxygen atoms in total. The molecule has 1 saturated heterocycles. The molecule has 2 rings (SSSR count). The lowest BCUT2D eigenvalue weighted by Gasteiger charge is -2.24. The molecule has 1 amide bonds.